The molecule has 0 atom stereocenters. The van der Waals surface area contributed by atoms with E-state index in [1.165, 1.54) is 24.3 Å². The molecule has 1 N–H and O–H groups in total. The van der Waals surface area contributed by atoms with Crippen LogP contribution in [-0.4, -0.2) is 33.2 Å². The van der Waals surface area contributed by atoms with Crippen LogP contribution < -0.4 is 14.4 Å². The van der Waals surface area contributed by atoms with Gasteiger partial charge in [-0.1, -0.05) is 0 Å². The SMILES string of the molecule is CCOc1ccc(C(=O)NC2CC2)cc1CN(c1ccc(F)cc1)S(C)(=O)=O. The number of ether oxygens (including phenoxy) is 1. The number of nitrogens with zero attached hydrogens (tertiary/aromatic N) is 1. The molecule has 6 nitrogen and oxygen atoms in total. The molecule has 0 unspecified atom stereocenters. The number of anilines is 1. The first-order chi connectivity index (χ1) is 13.3. The van der Waals surface area contributed by atoms with Gasteiger partial charge in [0.25, 0.3) is 5.91 Å². The predicted octanol–water partition coefficient (Wildman–Crippen LogP) is 3.08. The van der Waals surface area contributed by atoms with Gasteiger partial charge in [-0.25, -0.2) is 12.8 Å². The largest absolute Gasteiger partial charge is 0.494 e. The zero-order valence-electron chi connectivity index (χ0n) is 15.8. The van der Waals surface area contributed by atoms with Gasteiger partial charge in [0.1, 0.15) is 11.6 Å². The minimum atomic E-state index is -3.65. The van der Waals surface area contributed by atoms with E-state index in [2.05, 4.69) is 5.32 Å². The summed E-state index contributed by atoms with van der Waals surface area (Å²) in [5.74, 6) is -0.147. The zero-order chi connectivity index (χ0) is 20.3. The minimum absolute atomic E-state index is 0.0374. The third kappa shape index (κ3) is 5.01. The topological polar surface area (TPSA) is 75.7 Å². The van der Waals surface area contributed by atoms with Gasteiger partial charge in [-0.3, -0.25) is 9.10 Å². The maximum atomic E-state index is 13.3. The van der Waals surface area contributed by atoms with Crippen molar-refractivity contribution in [1.82, 2.24) is 5.32 Å². The molecule has 0 aliphatic heterocycles. The number of halogens is 1. The third-order valence-corrected chi connectivity index (χ3v) is 5.50. The molecule has 1 aliphatic carbocycles. The molecule has 0 spiro atoms. The van der Waals surface area contributed by atoms with Crippen molar-refractivity contribution in [2.45, 2.75) is 32.4 Å². The first-order valence-corrected chi connectivity index (χ1v) is 10.9. The molecule has 0 bridgehead atoms. The molecule has 28 heavy (non-hydrogen) atoms. The van der Waals surface area contributed by atoms with Crippen LogP contribution in [0.2, 0.25) is 0 Å². The lowest BCUT2D eigenvalue weighted by Crippen LogP contribution is -2.30. The Labute approximate surface area is 164 Å². The van der Waals surface area contributed by atoms with Crippen molar-refractivity contribution in [3.8, 4) is 5.75 Å². The number of carbonyl (C=O) groups is 1. The van der Waals surface area contributed by atoms with Crippen LogP contribution in [0.15, 0.2) is 42.5 Å². The van der Waals surface area contributed by atoms with Crippen LogP contribution in [-0.2, 0) is 16.6 Å². The fourth-order valence-electron chi connectivity index (χ4n) is 2.80. The molecule has 1 aliphatic rings. The Morgan fingerprint density at radius 2 is 1.89 bits per heavy atom. The van der Waals surface area contributed by atoms with Gasteiger partial charge in [0.2, 0.25) is 10.0 Å². The number of carbonyl (C=O) groups excluding carboxylic acids is 1. The van der Waals surface area contributed by atoms with Crippen molar-refractivity contribution in [1.29, 1.82) is 0 Å². The van der Waals surface area contributed by atoms with Crippen molar-refractivity contribution in [3.05, 3.63) is 59.4 Å². The normalized spacial score (nSPS) is 13.8. The highest BCUT2D eigenvalue weighted by Gasteiger charge is 2.25. The highest BCUT2D eigenvalue weighted by molar-refractivity contribution is 7.92. The van der Waals surface area contributed by atoms with Crippen molar-refractivity contribution < 1.29 is 22.3 Å². The molecular formula is C20H23FN2O4S. The number of benzene rings is 2. The quantitative estimate of drug-likeness (QED) is 0.731. The van der Waals surface area contributed by atoms with Crippen molar-refractivity contribution in [3.63, 3.8) is 0 Å². The van der Waals surface area contributed by atoms with Gasteiger partial charge in [0, 0.05) is 17.2 Å². The second kappa shape index (κ2) is 8.18. The van der Waals surface area contributed by atoms with Crippen LogP contribution in [0.5, 0.6) is 5.75 Å². The van der Waals surface area contributed by atoms with Crippen LogP contribution in [0, 0.1) is 5.82 Å². The molecule has 3 rings (SSSR count). The van der Waals surface area contributed by atoms with Gasteiger partial charge in [-0.2, -0.15) is 0 Å². The highest BCUT2D eigenvalue weighted by atomic mass is 32.2. The van der Waals surface area contributed by atoms with Crippen LogP contribution in [0.1, 0.15) is 35.7 Å². The predicted molar refractivity (Wildman–Crippen MR) is 106 cm³/mol. The summed E-state index contributed by atoms with van der Waals surface area (Å²) in [6.45, 7) is 2.19. The fourth-order valence-corrected chi connectivity index (χ4v) is 3.68. The number of sulfonamides is 1. The maximum Gasteiger partial charge on any atom is 0.251 e. The van der Waals surface area contributed by atoms with Gasteiger partial charge in [0.15, 0.2) is 0 Å². The van der Waals surface area contributed by atoms with Gasteiger partial charge in [0.05, 0.1) is 25.1 Å². The molecule has 0 saturated heterocycles. The molecular weight excluding hydrogens is 383 g/mol. The summed E-state index contributed by atoms with van der Waals surface area (Å²) in [7, 11) is -3.65. The van der Waals surface area contributed by atoms with Crippen molar-refractivity contribution in [2.75, 3.05) is 17.2 Å². The molecule has 2 aromatic carbocycles. The Morgan fingerprint density at radius 1 is 1.21 bits per heavy atom. The lowest BCUT2D eigenvalue weighted by molar-refractivity contribution is 0.0951. The Hall–Kier alpha value is -2.61. The smallest absolute Gasteiger partial charge is 0.251 e. The first kappa shape index (κ1) is 20.1. The Bertz CT molecular complexity index is 957. The molecule has 1 amide bonds. The molecule has 1 fully saturated rings. The summed E-state index contributed by atoms with van der Waals surface area (Å²) >= 11 is 0. The van der Waals surface area contributed by atoms with Crippen LogP contribution in [0.25, 0.3) is 0 Å². The van der Waals surface area contributed by atoms with E-state index in [4.69, 9.17) is 4.74 Å². The Morgan fingerprint density at radius 3 is 2.46 bits per heavy atom. The van der Waals surface area contributed by atoms with E-state index in [1.807, 2.05) is 6.92 Å². The van der Waals surface area contributed by atoms with E-state index in [0.29, 0.717) is 29.2 Å². The first-order valence-electron chi connectivity index (χ1n) is 9.08. The molecule has 150 valence electrons. The van der Waals surface area contributed by atoms with Crippen molar-refractivity contribution >= 4 is 21.6 Å². The van der Waals surface area contributed by atoms with E-state index in [-0.39, 0.29) is 18.5 Å². The number of hydrogen-bond donors (Lipinski definition) is 1. The van der Waals surface area contributed by atoms with Gasteiger partial charge in [-0.15, -0.1) is 0 Å². The van der Waals surface area contributed by atoms with Crippen LogP contribution in [0.3, 0.4) is 0 Å². The summed E-state index contributed by atoms with van der Waals surface area (Å²) < 4.78 is 44.8. The Balaban J connectivity index is 1.95. The number of amides is 1. The van der Waals surface area contributed by atoms with Gasteiger partial charge >= 0.3 is 0 Å². The number of nitrogens with one attached hydrogen (secondary N) is 1. The van der Waals surface area contributed by atoms with E-state index in [9.17, 15) is 17.6 Å². The van der Waals surface area contributed by atoms with Gasteiger partial charge < -0.3 is 10.1 Å². The molecule has 0 heterocycles. The number of hydrogen-bond acceptors (Lipinski definition) is 4. The second-order valence-electron chi connectivity index (χ2n) is 6.75. The van der Waals surface area contributed by atoms with E-state index >= 15 is 0 Å². The lowest BCUT2D eigenvalue weighted by Gasteiger charge is -2.24. The van der Waals surface area contributed by atoms with Crippen LogP contribution in [0.4, 0.5) is 10.1 Å². The minimum Gasteiger partial charge on any atom is -0.494 e. The highest BCUT2D eigenvalue weighted by Crippen LogP contribution is 2.27. The van der Waals surface area contributed by atoms with E-state index < -0.39 is 15.8 Å². The lowest BCUT2D eigenvalue weighted by atomic mass is 10.1. The summed E-state index contributed by atoms with van der Waals surface area (Å²) in [5, 5.41) is 2.92. The summed E-state index contributed by atoms with van der Waals surface area (Å²) in [6, 6.07) is 10.4. The summed E-state index contributed by atoms with van der Waals surface area (Å²) in [5.41, 5.74) is 1.33. The molecule has 0 radical (unpaired) electrons. The monoisotopic (exact) mass is 406 g/mol. The second-order valence-corrected chi connectivity index (χ2v) is 8.66. The zero-order valence-corrected chi connectivity index (χ0v) is 16.6. The maximum absolute atomic E-state index is 13.3. The average Bonchev–Trinajstić information content (AvgIpc) is 3.45. The van der Waals surface area contributed by atoms with Crippen LogP contribution >= 0.6 is 0 Å². The molecule has 2 aromatic rings. The summed E-state index contributed by atoms with van der Waals surface area (Å²) in [6.07, 6.45) is 3.03. The average molecular weight is 406 g/mol. The fraction of sp³-hybridized carbons (Fsp3) is 0.350. The standard InChI is InChI=1S/C20H23FN2O4S/c1-3-27-19-11-4-14(20(24)22-17-7-8-17)12-15(19)13-23(28(2,25)26)18-9-5-16(21)6-10-18/h4-6,9-12,17H,3,7-8,13H2,1-2H3,(H,22,24). The van der Waals surface area contributed by atoms with Gasteiger partial charge in [-0.05, 0) is 62.2 Å². The number of rotatable bonds is 8. The molecule has 8 heteroatoms. The molecule has 0 aromatic heterocycles. The van der Waals surface area contributed by atoms with E-state index in [1.54, 1.807) is 18.2 Å². The van der Waals surface area contributed by atoms with E-state index in [0.717, 1.165) is 23.4 Å². The third-order valence-electron chi connectivity index (χ3n) is 4.36. The van der Waals surface area contributed by atoms with Crippen molar-refractivity contribution in [2.24, 2.45) is 0 Å². The Kier molecular flexibility index (Phi) is 5.88. The molecule has 1 saturated carbocycles. The summed E-state index contributed by atoms with van der Waals surface area (Å²) in [4.78, 5) is 12.4.